The van der Waals surface area contributed by atoms with Crippen molar-refractivity contribution in [1.29, 1.82) is 0 Å². The number of nitrogens with zero attached hydrogens (tertiary/aromatic N) is 1. The van der Waals surface area contributed by atoms with Gasteiger partial charge in [0.25, 0.3) is 0 Å². The van der Waals surface area contributed by atoms with E-state index in [0.29, 0.717) is 5.92 Å². The molecule has 1 atom stereocenters. The van der Waals surface area contributed by atoms with Crippen molar-refractivity contribution in [2.45, 2.75) is 32.6 Å². The van der Waals surface area contributed by atoms with Crippen molar-refractivity contribution in [3.05, 3.63) is 239 Å². The molecule has 1 unspecified atom stereocenters. The van der Waals surface area contributed by atoms with E-state index in [1.165, 1.54) is 83.3 Å². The molecule has 0 saturated heterocycles. The molecule has 0 amide bonds. The third-order valence-electron chi connectivity index (χ3n) is 12.9. The topological polar surface area (TPSA) is 19.0 Å². The Hall–Kier alpha value is -7.60. The molecule has 11 rings (SSSR count). The number of fused-ring (bicyclic) bond motifs is 6. The molecule has 0 spiro atoms. The maximum Gasteiger partial charge on any atom is 0.0544 e. The van der Waals surface area contributed by atoms with E-state index in [-0.39, 0.29) is 0 Å². The minimum Gasteiger partial charge on any atom is -0.354 e. The van der Waals surface area contributed by atoms with Crippen molar-refractivity contribution in [2.75, 3.05) is 4.90 Å². The number of aromatic amines is 1. The molecule has 290 valence electrons. The summed E-state index contributed by atoms with van der Waals surface area (Å²) in [5.74, 6) is 0.393. The van der Waals surface area contributed by atoms with E-state index < -0.39 is 0 Å². The largest absolute Gasteiger partial charge is 0.354 e. The van der Waals surface area contributed by atoms with E-state index in [1.807, 2.05) is 6.08 Å². The zero-order chi connectivity index (χ0) is 41.0. The van der Waals surface area contributed by atoms with Gasteiger partial charge < -0.3 is 9.88 Å². The lowest BCUT2D eigenvalue weighted by molar-refractivity contribution is 0.749. The fourth-order valence-electron chi connectivity index (χ4n) is 9.98. The zero-order valence-electron chi connectivity index (χ0n) is 34.5. The van der Waals surface area contributed by atoms with Crippen molar-refractivity contribution in [3.8, 4) is 33.4 Å². The van der Waals surface area contributed by atoms with Gasteiger partial charge in [0, 0.05) is 39.1 Å². The van der Waals surface area contributed by atoms with Gasteiger partial charge in [-0.25, -0.2) is 0 Å². The van der Waals surface area contributed by atoms with Gasteiger partial charge in [0.2, 0.25) is 0 Å². The Bertz CT molecular complexity index is 3230. The van der Waals surface area contributed by atoms with Crippen molar-refractivity contribution in [2.24, 2.45) is 0 Å². The lowest BCUT2D eigenvalue weighted by Gasteiger charge is -2.30. The van der Waals surface area contributed by atoms with Gasteiger partial charge in [-0.05, 0) is 141 Å². The highest BCUT2D eigenvalue weighted by Crippen LogP contribution is 2.47. The minimum absolute atomic E-state index is 0.393. The summed E-state index contributed by atoms with van der Waals surface area (Å²) in [6.07, 6.45) is 10.3. The molecular formula is C59H44N2. The van der Waals surface area contributed by atoms with Gasteiger partial charge in [0.1, 0.15) is 0 Å². The Morgan fingerprint density at radius 1 is 0.639 bits per heavy atom. The van der Waals surface area contributed by atoms with Crippen LogP contribution in [0.2, 0.25) is 0 Å². The maximum atomic E-state index is 4.28. The van der Waals surface area contributed by atoms with Crippen molar-refractivity contribution in [3.63, 3.8) is 0 Å². The van der Waals surface area contributed by atoms with Crippen LogP contribution in [0.1, 0.15) is 65.3 Å². The molecule has 0 fully saturated rings. The normalized spacial score (nSPS) is 14.8. The van der Waals surface area contributed by atoms with Gasteiger partial charge in [0.15, 0.2) is 0 Å². The molecule has 3 aliphatic rings. The van der Waals surface area contributed by atoms with Crippen LogP contribution in [0, 0.1) is 0 Å². The Labute approximate surface area is 358 Å². The molecular weight excluding hydrogens is 737 g/mol. The van der Waals surface area contributed by atoms with Crippen LogP contribution < -0.4 is 4.90 Å². The Morgan fingerprint density at radius 3 is 2.05 bits per heavy atom. The first-order valence-electron chi connectivity index (χ1n) is 21.3. The van der Waals surface area contributed by atoms with Crippen molar-refractivity contribution in [1.82, 2.24) is 4.98 Å². The molecule has 61 heavy (non-hydrogen) atoms. The molecule has 1 heterocycles. The molecule has 0 radical (unpaired) electrons. The second-order valence-corrected chi connectivity index (χ2v) is 16.4. The number of hydrogen-bond acceptors (Lipinski definition) is 1. The van der Waals surface area contributed by atoms with Gasteiger partial charge in [-0.15, -0.1) is 0 Å². The summed E-state index contributed by atoms with van der Waals surface area (Å²) in [5, 5.41) is 1.18. The number of benzene rings is 7. The molecule has 1 N–H and O–H groups in total. The predicted molar refractivity (Wildman–Crippen MR) is 257 cm³/mol. The van der Waals surface area contributed by atoms with Crippen LogP contribution in [-0.4, -0.2) is 4.98 Å². The molecule has 0 aliphatic heterocycles. The van der Waals surface area contributed by atoms with Gasteiger partial charge in [0.05, 0.1) is 11.2 Å². The monoisotopic (exact) mass is 780 g/mol. The van der Waals surface area contributed by atoms with E-state index in [0.717, 1.165) is 46.7 Å². The van der Waals surface area contributed by atoms with Crippen LogP contribution in [-0.2, 0) is 6.42 Å². The van der Waals surface area contributed by atoms with Crippen LogP contribution in [0.3, 0.4) is 0 Å². The van der Waals surface area contributed by atoms with Crippen LogP contribution >= 0.6 is 0 Å². The SMILES string of the molecule is C=Cc1c(/C(=C\C)c2ccc3c(c2)Cc2cc(N(c4ccc(-c5ccccc5)cc4)c4ccc5c(c4)C(C)CC4=C5C=C=C=C4)ccc2-3)[nH]c2c(-c3ccccc3)cccc12. The zero-order valence-corrected chi connectivity index (χ0v) is 34.5. The van der Waals surface area contributed by atoms with Gasteiger partial charge in [-0.3, -0.25) is 0 Å². The first-order valence-corrected chi connectivity index (χ1v) is 21.3. The highest BCUT2D eigenvalue weighted by atomic mass is 15.1. The predicted octanol–water partition coefficient (Wildman–Crippen LogP) is 15.8. The molecule has 7 aromatic carbocycles. The molecule has 1 aromatic heterocycles. The third-order valence-corrected chi connectivity index (χ3v) is 12.9. The number of hydrogen-bond donors (Lipinski definition) is 1. The van der Waals surface area contributed by atoms with E-state index in [9.17, 15) is 0 Å². The fourth-order valence-corrected chi connectivity index (χ4v) is 9.98. The highest BCUT2D eigenvalue weighted by molar-refractivity contribution is 6.04. The van der Waals surface area contributed by atoms with E-state index in [1.54, 1.807) is 0 Å². The summed E-state index contributed by atoms with van der Waals surface area (Å²) >= 11 is 0. The smallest absolute Gasteiger partial charge is 0.0544 e. The Morgan fingerprint density at radius 2 is 1.30 bits per heavy atom. The third kappa shape index (κ3) is 6.21. The molecule has 2 nitrogen and oxygen atoms in total. The Kier molecular flexibility index (Phi) is 8.91. The van der Waals surface area contributed by atoms with E-state index >= 15 is 0 Å². The van der Waals surface area contributed by atoms with Crippen LogP contribution in [0.5, 0.6) is 0 Å². The van der Waals surface area contributed by atoms with Crippen LogP contribution in [0.25, 0.3) is 61.5 Å². The van der Waals surface area contributed by atoms with Gasteiger partial charge in [-0.2, -0.15) is 0 Å². The molecule has 3 aliphatic carbocycles. The number of nitrogens with one attached hydrogen (secondary N) is 1. The maximum absolute atomic E-state index is 4.28. The number of anilines is 3. The Balaban J connectivity index is 0.965. The molecule has 0 saturated carbocycles. The fraction of sp³-hybridized carbons (Fsp3) is 0.0847. The van der Waals surface area contributed by atoms with Crippen LogP contribution in [0.4, 0.5) is 17.1 Å². The molecule has 8 aromatic rings. The van der Waals surface area contributed by atoms with Crippen molar-refractivity contribution < 1.29 is 0 Å². The first-order chi connectivity index (χ1) is 30.1. The van der Waals surface area contributed by atoms with Gasteiger partial charge in [-0.1, -0.05) is 158 Å². The van der Waals surface area contributed by atoms with Gasteiger partial charge >= 0.3 is 0 Å². The standard InChI is InChI=1S/C59H44N2/c1-4-49(58-50(5-2)56-22-14-21-54(59(56)60-58)41-17-10-7-11-18-41)43-25-30-52-44(34-43)35-45-36-47(28-31-53(45)52)61(46-26-23-40(24-27-46)39-15-8-6-9-16-39)48-29-32-55-51-20-13-12-19-42(51)33-38(3)57(55)37-48/h4-11,14-32,34,36-38,60H,2,33,35H2,1,3H3/b49-4-. The summed E-state index contributed by atoms with van der Waals surface area (Å²) in [7, 11) is 0. The highest BCUT2D eigenvalue weighted by Gasteiger charge is 2.27. The summed E-state index contributed by atoms with van der Waals surface area (Å²) in [6, 6.07) is 57.9. The first kappa shape index (κ1) is 36.5. The summed E-state index contributed by atoms with van der Waals surface area (Å²) in [4.78, 5) is 6.29. The molecule has 0 bridgehead atoms. The number of para-hydroxylation sites is 1. The quantitative estimate of drug-likeness (QED) is 0.152. The van der Waals surface area contributed by atoms with E-state index in [2.05, 4.69) is 218 Å². The lowest BCUT2D eigenvalue weighted by Crippen LogP contribution is -2.13. The second-order valence-electron chi connectivity index (χ2n) is 16.4. The lowest BCUT2D eigenvalue weighted by atomic mass is 9.78. The number of rotatable bonds is 8. The average molecular weight is 781 g/mol. The average Bonchev–Trinajstić information content (AvgIpc) is 3.88. The number of allylic oxidation sites excluding steroid dienone is 5. The van der Waals surface area contributed by atoms with Crippen LogP contribution in [0.15, 0.2) is 200 Å². The number of aromatic nitrogens is 1. The van der Waals surface area contributed by atoms with Crippen molar-refractivity contribution >= 4 is 45.2 Å². The minimum atomic E-state index is 0.393. The second kappa shape index (κ2) is 14.9. The summed E-state index contributed by atoms with van der Waals surface area (Å²) in [6.45, 7) is 8.76. The van der Waals surface area contributed by atoms with E-state index in [4.69, 9.17) is 0 Å². The molecule has 2 heteroatoms. The summed E-state index contributed by atoms with van der Waals surface area (Å²) in [5.41, 5.74) is 31.0. The summed E-state index contributed by atoms with van der Waals surface area (Å²) < 4.78 is 0. The number of H-pyrrole nitrogens is 1.